The van der Waals surface area contributed by atoms with Gasteiger partial charge in [0.1, 0.15) is 0 Å². The standard InChI is InChI=1S/C14H13N3O4S/c18-11(5-6-12(19)20)16-10-3-1-9(2-4-10)13(21)17-14-15-7-8-22-14/h1-4,7-8H,5-6H2,(H,16,18)(H,19,20)(H,15,17,21). The molecule has 0 atom stereocenters. The third-order valence-electron chi connectivity index (χ3n) is 2.65. The molecule has 7 nitrogen and oxygen atoms in total. The van der Waals surface area contributed by atoms with Crippen molar-refractivity contribution in [2.75, 3.05) is 10.6 Å². The summed E-state index contributed by atoms with van der Waals surface area (Å²) in [6.07, 6.45) is 1.28. The fourth-order valence-corrected chi connectivity index (χ4v) is 2.13. The van der Waals surface area contributed by atoms with E-state index in [0.717, 1.165) is 0 Å². The van der Waals surface area contributed by atoms with Crippen molar-refractivity contribution in [3.05, 3.63) is 41.4 Å². The molecular weight excluding hydrogens is 306 g/mol. The summed E-state index contributed by atoms with van der Waals surface area (Å²) in [6, 6.07) is 6.29. The predicted molar refractivity (Wildman–Crippen MR) is 82.0 cm³/mol. The molecule has 0 spiro atoms. The topological polar surface area (TPSA) is 108 Å². The number of hydrogen-bond acceptors (Lipinski definition) is 5. The van der Waals surface area contributed by atoms with Crippen molar-refractivity contribution >= 4 is 39.9 Å². The number of carbonyl (C=O) groups is 3. The Morgan fingerprint density at radius 1 is 1.09 bits per heavy atom. The highest BCUT2D eigenvalue weighted by Crippen LogP contribution is 2.14. The molecular formula is C14H13N3O4S. The zero-order valence-corrected chi connectivity index (χ0v) is 12.2. The Morgan fingerprint density at radius 3 is 2.41 bits per heavy atom. The molecule has 0 aliphatic carbocycles. The van der Waals surface area contributed by atoms with Gasteiger partial charge < -0.3 is 10.4 Å². The van der Waals surface area contributed by atoms with E-state index in [4.69, 9.17) is 5.11 Å². The number of rotatable bonds is 6. The Hall–Kier alpha value is -2.74. The summed E-state index contributed by atoms with van der Waals surface area (Å²) in [5, 5.41) is 16.0. The lowest BCUT2D eigenvalue weighted by molar-refractivity contribution is -0.138. The van der Waals surface area contributed by atoms with Crippen LogP contribution in [0.2, 0.25) is 0 Å². The maximum absolute atomic E-state index is 11.9. The smallest absolute Gasteiger partial charge is 0.303 e. The van der Waals surface area contributed by atoms with Gasteiger partial charge in [-0.15, -0.1) is 11.3 Å². The number of aromatic nitrogens is 1. The van der Waals surface area contributed by atoms with E-state index in [2.05, 4.69) is 15.6 Å². The van der Waals surface area contributed by atoms with Gasteiger partial charge in [-0.3, -0.25) is 19.7 Å². The number of nitrogens with zero attached hydrogens (tertiary/aromatic N) is 1. The Bertz CT molecular complexity index is 668. The molecule has 1 heterocycles. The van der Waals surface area contributed by atoms with E-state index in [1.54, 1.807) is 35.8 Å². The molecule has 1 aromatic heterocycles. The number of thiazole rings is 1. The number of aliphatic carboxylic acids is 1. The minimum absolute atomic E-state index is 0.0956. The summed E-state index contributed by atoms with van der Waals surface area (Å²) in [7, 11) is 0. The molecule has 0 bridgehead atoms. The van der Waals surface area contributed by atoms with E-state index in [1.807, 2.05) is 0 Å². The molecule has 22 heavy (non-hydrogen) atoms. The highest BCUT2D eigenvalue weighted by Gasteiger charge is 2.09. The monoisotopic (exact) mass is 319 g/mol. The lowest BCUT2D eigenvalue weighted by Gasteiger charge is -2.06. The molecule has 114 valence electrons. The lowest BCUT2D eigenvalue weighted by atomic mass is 10.2. The van der Waals surface area contributed by atoms with Crippen LogP contribution in [0.15, 0.2) is 35.8 Å². The fourth-order valence-electron chi connectivity index (χ4n) is 1.60. The molecule has 0 saturated heterocycles. The van der Waals surface area contributed by atoms with Gasteiger partial charge in [0.05, 0.1) is 6.42 Å². The zero-order valence-electron chi connectivity index (χ0n) is 11.4. The van der Waals surface area contributed by atoms with Crippen molar-refractivity contribution in [1.82, 2.24) is 4.98 Å². The van der Waals surface area contributed by atoms with Crippen molar-refractivity contribution in [2.45, 2.75) is 12.8 Å². The second-order valence-electron chi connectivity index (χ2n) is 4.31. The number of carboxylic acid groups (broad SMARTS) is 1. The number of anilines is 2. The molecule has 0 aliphatic rings. The third-order valence-corrected chi connectivity index (χ3v) is 3.34. The number of amides is 2. The highest BCUT2D eigenvalue weighted by atomic mass is 32.1. The molecule has 8 heteroatoms. The molecule has 0 fully saturated rings. The second kappa shape index (κ2) is 7.32. The fraction of sp³-hybridized carbons (Fsp3) is 0.143. The van der Waals surface area contributed by atoms with E-state index in [0.29, 0.717) is 16.4 Å². The minimum Gasteiger partial charge on any atom is -0.481 e. The first-order chi connectivity index (χ1) is 10.5. The van der Waals surface area contributed by atoms with Crippen LogP contribution in [-0.4, -0.2) is 27.9 Å². The third kappa shape index (κ3) is 4.67. The van der Waals surface area contributed by atoms with Gasteiger partial charge in [0, 0.05) is 29.2 Å². The predicted octanol–water partition coefficient (Wildman–Crippen LogP) is 2.20. The number of carboxylic acids is 1. The highest BCUT2D eigenvalue weighted by molar-refractivity contribution is 7.13. The molecule has 0 radical (unpaired) electrons. The van der Waals surface area contributed by atoms with Crippen LogP contribution in [0.4, 0.5) is 10.8 Å². The first-order valence-electron chi connectivity index (χ1n) is 6.37. The van der Waals surface area contributed by atoms with Gasteiger partial charge in [0.2, 0.25) is 5.91 Å². The summed E-state index contributed by atoms with van der Waals surface area (Å²) < 4.78 is 0. The van der Waals surface area contributed by atoms with E-state index < -0.39 is 5.97 Å². The summed E-state index contributed by atoms with van der Waals surface area (Å²) >= 11 is 1.32. The SMILES string of the molecule is O=C(O)CCC(=O)Nc1ccc(C(=O)Nc2nccs2)cc1. The van der Waals surface area contributed by atoms with E-state index in [1.165, 1.54) is 11.3 Å². The van der Waals surface area contributed by atoms with Gasteiger partial charge in [-0.2, -0.15) is 0 Å². The van der Waals surface area contributed by atoms with Crippen LogP contribution in [0.5, 0.6) is 0 Å². The Balaban J connectivity index is 1.91. The number of carbonyl (C=O) groups excluding carboxylic acids is 2. The van der Waals surface area contributed by atoms with Crippen molar-refractivity contribution in [3.63, 3.8) is 0 Å². The van der Waals surface area contributed by atoms with Crippen LogP contribution in [0.1, 0.15) is 23.2 Å². The quantitative estimate of drug-likeness (QED) is 0.756. The van der Waals surface area contributed by atoms with Crippen LogP contribution in [0.25, 0.3) is 0 Å². The van der Waals surface area contributed by atoms with Gasteiger partial charge in [-0.25, -0.2) is 4.98 Å². The van der Waals surface area contributed by atoms with Crippen LogP contribution in [0.3, 0.4) is 0 Å². The molecule has 0 saturated carbocycles. The van der Waals surface area contributed by atoms with Crippen molar-refractivity contribution in [1.29, 1.82) is 0 Å². The van der Waals surface area contributed by atoms with Gasteiger partial charge in [0.25, 0.3) is 5.91 Å². The summed E-state index contributed by atoms with van der Waals surface area (Å²) in [4.78, 5) is 37.7. The lowest BCUT2D eigenvalue weighted by Crippen LogP contribution is -2.14. The first-order valence-corrected chi connectivity index (χ1v) is 7.25. The maximum Gasteiger partial charge on any atom is 0.303 e. The van der Waals surface area contributed by atoms with Crippen molar-refractivity contribution < 1.29 is 19.5 Å². The Kier molecular flexibility index (Phi) is 5.21. The van der Waals surface area contributed by atoms with Gasteiger partial charge in [-0.1, -0.05) is 0 Å². The van der Waals surface area contributed by atoms with Crippen LogP contribution in [0, 0.1) is 0 Å². The van der Waals surface area contributed by atoms with Crippen LogP contribution < -0.4 is 10.6 Å². The largest absolute Gasteiger partial charge is 0.481 e. The summed E-state index contributed by atoms with van der Waals surface area (Å²) in [5.74, 6) is -1.70. The first kappa shape index (κ1) is 15.6. The zero-order chi connectivity index (χ0) is 15.9. The molecule has 3 N–H and O–H groups in total. The normalized spacial score (nSPS) is 10.0. The summed E-state index contributed by atoms with van der Waals surface area (Å²) in [6.45, 7) is 0. The van der Waals surface area contributed by atoms with Crippen LogP contribution >= 0.6 is 11.3 Å². The molecule has 2 rings (SSSR count). The molecule has 0 unspecified atom stereocenters. The van der Waals surface area contributed by atoms with E-state index in [-0.39, 0.29) is 24.7 Å². The average Bonchev–Trinajstić information content (AvgIpc) is 2.99. The molecule has 2 amide bonds. The molecule has 0 aliphatic heterocycles. The second-order valence-corrected chi connectivity index (χ2v) is 5.21. The van der Waals surface area contributed by atoms with E-state index >= 15 is 0 Å². The van der Waals surface area contributed by atoms with Crippen molar-refractivity contribution in [2.24, 2.45) is 0 Å². The molecule has 2 aromatic rings. The maximum atomic E-state index is 11.9. The Labute approximate surface area is 130 Å². The number of nitrogens with one attached hydrogen (secondary N) is 2. The molecule has 1 aromatic carbocycles. The number of benzene rings is 1. The number of hydrogen-bond donors (Lipinski definition) is 3. The van der Waals surface area contributed by atoms with Gasteiger partial charge in [-0.05, 0) is 24.3 Å². The van der Waals surface area contributed by atoms with Crippen LogP contribution in [-0.2, 0) is 9.59 Å². The average molecular weight is 319 g/mol. The Morgan fingerprint density at radius 2 is 1.82 bits per heavy atom. The summed E-state index contributed by atoms with van der Waals surface area (Å²) in [5.41, 5.74) is 0.930. The minimum atomic E-state index is -1.02. The van der Waals surface area contributed by atoms with Crippen molar-refractivity contribution in [3.8, 4) is 0 Å². The van der Waals surface area contributed by atoms with E-state index in [9.17, 15) is 14.4 Å². The van der Waals surface area contributed by atoms with Gasteiger partial charge >= 0.3 is 5.97 Å². The van der Waals surface area contributed by atoms with Gasteiger partial charge in [0.15, 0.2) is 5.13 Å².